The number of pyridine rings is 1. The molecular weight excluding hydrogens is 373 g/mol. The summed E-state index contributed by atoms with van der Waals surface area (Å²) in [7, 11) is 0. The van der Waals surface area contributed by atoms with Gasteiger partial charge in [0.2, 0.25) is 5.95 Å². The minimum Gasteiger partial charge on any atom is -0.364 e. The van der Waals surface area contributed by atoms with E-state index in [1.54, 1.807) is 24.4 Å². The van der Waals surface area contributed by atoms with Crippen LogP contribution in [0.4, 0.5) is 10.3 Å². The predicted molar refractivity (Wildman–Crippen MR) is 106 cm³/mol. The lowest BCUT2D eigenvalue weighted by Crippen LogP contribution is -2.15. The lowest BCUT2D eigenvalue weighted by molar-refractivity contribution is 0.0993. The van der Waals surface area contributed by atoms with E-state index in [2.05, 4.69) is 25.4 Å². The van der Waals surface area contributed by atoms with Crippen molar-refractivity contribution in [2.45, 2.75) is 19.9 Å². The molecule has 3 N–H and O–H groups in total. The Morgan fingerprint density at radius 3 is 2.76 bits per heavy atom. The molecule has 0 bridgehead atoms. The summed E-state index contributed by atoms with van der Waals surface area (Å²) in [6.45, 7) is 2.31. The van der Waals surface area contributed by atoms with E-state index in [4.69, 9.17) is 5.73 Å². The summed E-state index contributed by atoms with van der Waals surface area (Å²) in [5.74, 6) is 0.526. The van der Waals surface area contributed by atoms with Crippen molar-refractivity contribution in [2.24, 2.45) is 5.73 Å². The highest BCUT2D eigenvalue weighted by molar-refractivity contribution is 5.92. The fourth-order valence-electron chi connectivity index (χ4n) is 2.98. The van der Waals surface area contributed by atoms with Crippen LogP contribution in [0.2, 0.25) is 0 Å². The van der Waals surface area contributed by atoms with Crippen LogP contribution in [0.1, 0.15) is 28.8 Å². The smallest absolute Gasteiger partial charge is 0.267 e. The van der Waals surface area contributed by atoms with Crippen molar-refractivity contribution in [3.8, 4) is 11.4 Å². The molecule has 1 amide bonds. The number of aryl methyl sites for hydroxylation is 1. The number of aromatic nitrogens is 5. The van der Waals surface area contributed by atoms with Crippen molar-refractivity contribution < 1.29 is 9.18 Å². The second kappa shape index (κ2) is 7.63. The van der Waals surface area contributed by atoms with Crippen LogP contribution >= 0.6 is 0 Å². The van der Waals surface area contributed by atoms with Gasteiger partial charge in [-0.05, 0) is 29.8 Å². The van der Waals surface area contributed by atoms with Gasteiger partial charge in [-0.15, -0.1) is 0 Å². The van der Waals surface area contributed by atoms with Gasteiger partial charge in [-0.2, -0.15) is 15.1 Å². The highest BCUT2D eigenvalue weighted by Gasteiger charge is 2.15. The van der Waals surface area contributed by atoms with Crippen molar-refractivity contribution in [1.82, 2.24) is 24.6 Å². The lowest BCUT2D eigenvalue weighted by atomic mass is 10.2. The molecule has 146 valence electrons. The fraction of sp³-hybridized carbons (Fsp3) is 0.150. The summed E-state index contributed by atoms with van der Waals surface area (Å²) in [5.41, 5.74) is 7.77. The van der Waals surface area contributed by atoms with Gasteiger partial charge in [-0.3, -0.25) is 4.79 Å². The Balaban J connectivity index is 1.71. The summed E-state index contributed by atoms with van der Waals surface area (Å²) in [4.78, 5) is 25.0. The molecule has 9 heteroatoms. The number of nitrogens with two attached hydrogens (primary N) is 1. The minimum absolute atomic E-state index is 0.267. The molecule has 0 radical (unpaired) electrons. The summed E-state index contributed by atoms with van der Waals surface area (Å²) in [6.07, 6.45) is 2.20. The number of nitrogens with one attached hydrogen (secondary N) is 1. The van der Waals surface area contributed by atoms with Gasteiger partial charge in [-0.25, -0.2) is 13.9 Å². The Kier molecular flexibility index (Phi) is 4.86. The molecule has 29 heavy (non-hydrogen) atoms. The predicted octanol–water partition coefficient (Wildman–Crippen LogP) is 2.60. The molecule has 3 aromatic heterocycles. The van der Waals surface area contributed by atoms with E-state index in [1.165, 1.54) is 16.6 Å². The summed E-state index contributed by atoms with van der Waals surface area (Å²) < 4.78 is 14.9. The minimum atomic E-state index is -0.576. The van der Waals surface area contributed by atoms with Crippen molar-refractivity contribution in [2.75, 3.05) is 5.32 Å². The van der Waals surface area contributed by atoms with Crippen LogP contribution in [-0.4, -0.2) is 30.5 Å². The Hall–Kier alpha value is -3.88. The lowest BCUT2D eigenvalue weighted by Gasteiger charge is -2.08. The second-order valence-electron chi connectivity index (χ2n) is 6.37. The molecule has 8 nitrogen and oxygen atoms in total. The Morgan fingerprint density at radius 1 is 1.17 bits per heavy atom. The molecule has 4 aromatic rings. The molecule has 0 aliphatic heterocycles. The van der Waals surface area contributed by atoms with Crippen LogP contribution in [0.15, 0.2) is 48.7 Å². The van der Waals surface area contributed by atoms with Crippen LogP contribution in [-0.2, 0) is 13.0 Å². The molecule has 4 rings (SSSR count). The molecule has 0 saturated carbocycles. The van der Waals surface area contributed by atoms with E-state index in [9.17, 15) is 9.18 Å². The number of nitrogens with zero attached hydrogens (tertiary/aromatic N) is 5. The molecular formula is C20H18FN7O. The first kappa shape index (κ1) is 18.5. The van der Waals surface area contributed by atoms with Gasteiger partial charge >= 0.3 is 0 Å². The Bertz CT molecular complexity index is 1200. The number of primary amides is 1. The summed E-state index contributed by atoms with van der Waals surface area (Å²) in [6, 6.07) is 11.4. The van der Waals surface area contributed by atoms with E-state index in [0.29, 0.717) is 41.6 Å². The highest BCUT2D eigenvalue weighted by Crippen LogP contribution is 2.23. The third-order valence-electron chi connectivity index (χ3n) is 4.37. The van der Waals surface area contributed by atoms with Crippen molar-refractivity contribution >= 4 is 17.4 Å². The van der Waals surface area contributed by atoms with Gasteiger partial charge in [-0.1, -0.05) is 25.1 Å². The molecule has 0 atom stereocenters. The number of anilines is 1. The van der Waals surface area contributed by atoms with Crippen LogP contribution in [0.5, 0.6) is 0 Å². The normalized spacial score (nSPS) is 11.0. The Morgan fingerprint density at radius 2 is 2.00 bits per heavy atom. The number of hydrogen-bond donors (Lipinski definition) is 2. The van der Waals surface area contributed by atoms with Gasteiger partial charge in [0.05, 0.1) is 17.3 Å². The van der Waals surface area contributed by atoms with Crippen LogP contribution in [0, 0.1) is 5.82 Å². The standard InChI is InChI=1S/C20H18FN7O/c1-2-17-25-19(14-11-24-28-15(14)7-4-8-16(28)18(22)29)27-20(26-17)23-10-12-5-3-6-13(21)9-12/h3-9,11H,2,10H2,1H3,(H2,22,29)(H,23,25,26,27). The number of hydrogen-bond acceptors (Lipinski definition) is 6. The molecule has 3 heterocycles. The third-order valence-corrected chi connectivity index (χ3v) is 4.37. The second-order valence-corrected chi connectivity index (χ2v) is 6.37. The summed E-state index contributed by atoms with van der Waals surface area (Å²) in [5, 5.41) is 7.37. The molecule has 0 spiro atoms. The molecule has 0 aliphatic carbocycles. The van der Waals surface area contributed by atoms with Crippen molar-refractivity contribution in [1.29, 1.82) is 0 Å². The first-order valence-electron chi connectivity index (χ1n) is 9.05. The van der Waals surface area contributed by atoms with Gasteiger partial charge in [0.15, 0.2) is 5.82 Å². The zero-order valence-corrected chi connectivity index (χ0v) is 15.6. The number of benzene rings is 1. The van der Waals surface area contributed by atoms with Gasteiger partial charge in [0, 0.05) is 13.0 Å². The molecule has 1 aromatic carbocycles. The van der Waals surface area contributed by atoms with E-state index in [0.717, 1.165) is 5.56 Å². The van der Waals surface area contributed by atoms with Crippen LogP contribution in [0.3, 0.4) is 0 Å². The third kappa shape index (κ3) is 3.75. The number of rotatable bonds is 6. The first-order valence-corrected chi connectivity index (χ1v) is 9.05. The summed E-state index contributed by atoms with van der Waals surface area (Å²) >= 11 is 0. The molecule has 0 fully saturated rings. The average Bonchev–Trinajstić information content (AvgIpc) is 3.16. The largest absolute Gasteiger partial charge is 0.364 e. The fourth-order valence-corrected chi connectivity index (χ4v) is 2.98. The first-order chi connectivity index (χ1) is 14.0. The average molecular weight is 391 g/mol. The zero-order valence-electron chi connectivity index (χ0n) is 15.6. The van der Waals surface area contributed by atoms with Gasteiger partial charge in [0.25, 0.3) is 5.91 Å². The monoisotopic (exact) mass is 391 g/mol. The quantitative estimate of drug-likeness (QED) is 0.523. The van der Waals surface area contributed by atoms with Crippen molar-refractivity contribution in [3.63, 3.8) is 0 Å². The number of fused-ring (bicyclic) bond motifs is 1. The SMILES string of the molecule is CCc1nc(NCc2cccc(F)c2)nc(-c2cnn3c(C(N)=O)cccc23)n1. The topological polar surface area (TPSA) is 111 Å². The van der Waals surface area contributed by atoms with E-state index in [-0.39, 0.29) is 11.5 Å². The maximum atomic E-state index is 13.4. The number of carbonyl (C=O) groups is 1. The number of amides is 1. The number of carbonyl (C=O) groups excluding carboxylic acids is 1. The number of halogens is 1. The van der Waals surface area contributed by atoms with Gasteiger partial charge < -0.3 is 11.1 Å². The maximum Gasteiger partial charge on any atom is 0.267 e. The van der Waals surface area contributed by atoms with Crippen LogP contribution < -0.4 is 11.1 Å². The Labute approximate surface area is 165 Å². The van der Waals surface area contributed by atoms with E-state index >= 15 is 0 Å². The van der Waals surface area contributed by atoms with Gasteiger partial charge in [0.1, 0.15) is 17.3 Å². The molecule has 0 saturated heterocycles. The van der Waals surface area contributed by atoms with E-state index < -0.39 is 5.91 Å². The maximum absolute atomic E-state index is 13.4. The molecule has 0 unspecified atom stereocenters. The van der Waals surface area contributed by atoms with E-state index in [1.807, 2.05) is 19.1 Å². The highest BCUT2D eigenvalue weighted by atomic mass is 19.1. The zero-order chi connectivity index (χ0) is 20.4. The van der Waals surface area contributed by atoms with Crippen molar-refractivity contribution in [3.05, 3.63) is 71.6 Å². The van der Waals surface area contributed by atoms with Crippen LogP contribution in [0.25, 0.3) is 16.9 Å². The molecule has 0 aliphatic rings.